The van der Waals surface area contributed by atoms with E-state index in [9.17, 15) is 9.59 Å². The lowest BCUT2D eigenvalue weighted by Crippen LogP contribution is -2.38. The summed E-state index contributed by atoms with van der Waals surface area (Å²) in [5.41, 5.74) is 4.81. The molecule has 7 heteroatoms. The van der Waals surface area contributed by atoms with E-state index in [4.69, 9.17) is 0 Å². The maximum atomic E-state index is 11.4. The van der Waals surface area contributed by atoms with Gasteiger partial charge in [-0.2, -0.15) is 10.2 Å². The van der Waals surface area contributed by atoms with Gasteiger partial charge >= 0.3 is 11.8 Å². The molecule has 2 amide bonds. The molecule has 0 unspecified atom stereocenters. The zero-order chi connectivity index (χ0) is 14.0. The van der Waals surface area contributed by atoms with Crippen LogP contribution in [0, 0.1) is 13.8 Å². The van der Waals surface area contributed by atoms with Gasteiger partial charge in [-0.15, -0.1) is 0 Å². The fourth-order valence-electron chi connectivity index (χ4n) is 1.66. The topological polar surface area (TPSA) is 88.4 Å². The second kappa shape index (κ2) is 5.21. The van der Waals surface area contributed by atoms with Crippen LogP contribution in [0.1, 0.15) is 29.8 Å². The van der Waals surface area contributed by atoms with E-state index < -0.39 is 11.8 Å². The predicted molar refractivity (Wildman–Crippen MR) is 69.6 cm³/mol. The zero-order valence-corrected chi connectivity index (χ0v) is 11.2. The monoisotopic (exact) mass is 263 g/mol. The zero-order valence-electron chi connectivity index (χ0n) is 11.2. The Labute approximate surface area is 111 Å². The van der Waals surface area contributed by atoms with E-state index >= 15 is 0 Å². The van der Waals surface area contributed by atoms with Crippen LogP contribution in [0.2, 0.25) is 0 Å². The lowest BCUT2D eigenvalue weighted by atomic mass is 10.2. The number of hydrogen-bond donors (Lipinski definition) is 2. The molecule has 102 valence electrons. The van der Waals surface area contributed by atoms with Gasteiger partial charge in [0.25, 0.3) is 0 Å². The fourth-order valence-corrected chi connectivity index (χ4v) is 1.66. The normalized spacial score (nSPS) is 14.7. The van der Waals surface area contributed by atoms with Gasteiger partial charge in [-0.25, -0.2) is 5.43 Å². The van der Waals surface area contributed by atoms with Crippen molar-refractivity contribution in [1.82, 2.24) is 20.5 Å². The summed E-state index contributed by atoms with van der Waals surface area (Å²) >= 11 is 0. The fraction of sp³-hybridized carbons (Fsp3) is 0.500. The van der Waals surface area contributed by atoms with Crippen LogP contribution in [-0.4, -0.2) is 33.9 Å². The minimum Gasteiger partial charge on any atom is -0.345 e. The van der Waals surface area contributed by atoms with Crippen LogP contribution >= 0.6 is 0 Å². The molecule has 1 saturated carbocycles. The number of carbonyl (C=O) groups is 2. The molecule has 19 heavy (non-hydrogen) atoms. The second-order valence-corrected chi connectivity index (χ2v) is 4.65. The van der Waals surface area contributed by atoms with Gasteiger partial charge in [0, 0.05) is 24.3 Å². The van der Waals surface area contributed by atoms with E-state index in [0.29, 0.717) is 0 Å². The Morgan fingerprint density at radius 1 is 1.37 bits per heavy atom. The van der Waals surface area contributed by atoms with Crippen molar-refractivity contribution in [3.05, 3.63) is 17.0 Å². The van der Waals surface area contributed by atoms with Crippen LogP contribution in [0.5, 0.6) is 0 Å². The average Bonchev–Trinajstić information content (AvgIpc) is 3.12. The van der Waals surface area contributed by atoms with Crippen LogP contribution in [0.3, 0.4) is 0 Å². The summed E-state index contributed by atoms with van der Waals surface area (Å²) in [6, 6.07) is 0.157. The molecular formula is C12H17N5O2. The van der Waals surface area contributed by atoms with Gasteiger partial charge in [0.2, 0.25) is 0 Å². The predicted octanol–water partition coefficient (Wildman–Crippen LogP) is -0.234. The molecule has 1 aromatic heterocycles. The molecule has 1 fully saturated rings. The molecule has 7 nitrogen and oxygen atoms in total. The molecule has 0 atom stereocenters. The van der Waals surface area contributed by atoms with Crippen LogP contribution in [0.15, 0.2) is 5.10 Å². The maximum absolute atomic E-state index is 11.4. The molecule has 1 aliphatic carbocycles. The molecule has 0 bridgehead atoms. The van der Waals surface area contributed by atoms with Crippen molar-refractivity contribution in [2.75, 3.05) is 0 Å². The lowest BCUT2D eigenvalue weighted by Gasteiger charge is -2.00. The van der Waals surface area contributed by atoms with E-state index in [1.54, 1.807) is 4.68 Å². The first-order valence-corrected chi connectivity index (χ1v) is 6.13. The third kappa shape index (κ3) is 3.18. The highest BCUT2D eigenvalue weighted by Gasteiger charge is 2.26. The van der Waals surface area contributed by atoms with E-state index in [0.717, 1.165) is 29.8 Å². The van der Waals surface area contributed by atoms with E-state index in [1.165, 1.54) is 6.21 Å². The Kier molecular flexibility index (Phi) is 3.64. The summed E-state index contributed by atoms with van der Waals surface area (Å²) in [6.45, 7) is 3.76. The Balaban J connectivity index is 1.91. The summed E-state index contributed by atoms with van der Waals surface area (Å²) in [7, 11) is 1.83. The van der Waals surface area contributed by atoms with Gasteiger partial charge in [-0.3, -0.25) is 14.3 Å². The summed E-state index contributed by atoms with van der Waals surface area (Å²) in [4.78, 5) is 22.8. The highest BCUT2D eigenvalue weighted by atomic mass is 16.2. The van der Waals surface area contributed by atoms with Crippen molar-refractivity contribution in [3.8, 4) is 0 Å². The molecular weight excluding hydrogens is 246 g/mol. The van der Waals surface area contributed by atoms with Crippen molar-refractivity contribution >= 4 is 18.0 Å². The smallest absolute Gasteiger partial charge is 0.329 e. The standard InChI is InChI=1S/C12H17N5O2/c1-7-10(8(2)17(3)16-7)6-13-15-12(19)11(18)14-9-4-5-9/h6,9H,4-5H2,1-3H3,(H,14,18)(H,15,19)/b13-6-. The lowest BCUT2D eigenvalue weighted by molar-refractivity contribution is -0.139. The van der Waals surface area contributed by atoms with Crippen molar-refractivity contribution in [3.63, 3.8) is 0 Å². The molecule has 1 aliphatic rings. The molecule has 2 N–H and O–H groups in total. The first kappa shape index (κ1) is 13.3. The van der Waals surface area contributed by atoms with Crippen LogP contribution in [0.4, 0.5) is 0 Å². The van der Waals surface area contributed by atoms with Crippen molar-refractivity contribution in [1.29, 1.82) is 0 Å². The molecule has 0 saturated heterocycles. The molecule has 0 spiro atoms. The van der Waals surface area contributed by atoms with E-state index in [2.05, 4.69) is 20.9 Å². The number of aryl methyl sites for hydroxylation is 2. The maximum Gasteiger partial charge on any atom is 0.329 e. The molecule has 1 aromatic rings. The quantitative estimate of drug-likeness (QED) is 0.448. The molecule has 0 radical (unpaired) electrons. The summed E-state index contributed by atoms with van der Waals surface area (Å²) in [5, 5.41) is 10.6. The van der Waals surface area contributed by atoms with Crippen LogP contribution < -0.4 is 10.7 Å². The van der Waals surface area contributed by atoms with Gasteiger partial charge in [-0.1, -0.05) is 0 Å². The molecule has 0 aliphatic heterocycles. The number of amides is 2. The third-order valence-electron chi connectivity index (χ3n) is 3.04. The Bertz CT molecular complexity index is 543. The minimum absolute atomic E-state index is 0.157. The molecule has 1 heterocycles. The van der Waals surface area contributed by atoms with E-state index in [-0.39, 0.29) is 6.04 Å². The Morgan fingerprint density at radius 3 is 2.58 bits per heavy atom. The number of nitrogens with zero attached hydrogens (tertiary/aromatic N) is 3. The number of hydrazone groups is 1. The van der Waals surface area contributed by atoms with Crippen LogP contribution in [-0.2, 0) is 16.6 Å². The SMILES string of the molecule is Cc1nn(C)c(C)c1/C=N\NC(=O)C(=O)NC1CC1. The van der Waals surface area contributed by atoms with Crippen molar-refractivity contribution < 1.29 is 9.59 Å². The van der Waals surface area contributed by atoms with Crippen molar-refractivity contribution in [2.24, 2.45) is 12.1 Å². The summed E-state index contributed by atoms with van der Waals surface area (Å²) in [6.07, 6.45) is 3.38. The third-order valence-corrected chi connectivity index (χ3v) is 3.04. The summed E-state index contributed by atoms with van der Waals surface area (Å²) in [5.74, 6) is -1.39. The molecule has 0 aromatic carbocycles. The number of rotatable bonds is 3. The van der Waals surface area contributed by atoms with E-state index in [1.807, 2.05) is 20.9 Å². The minimum atomic E-state index is -0.748. The van der Waals surface area contributed by atoms with Gasteiger partial charge in [0.05, 0.1) is 11.9 Å². The number of hydrogen-bond acceptors (Lipinski definition) is 4. The highest BCUT2D eigenvalue weighted by molar-refractivity contribution is 6.35. The van der Waals surface area contributed by atoms with Crippen molar-refractivity contribution in [2.45, 2.75) is 32.7 Å². The van der Waals surface area contributed by atoms with Gasteiger partial charge in [-0.05, 0) is 26.7 Å². The summed E-state index contributed by atoms with van der Waals surface area (Å²) < 4.78 is 1.73. The van der Waals surface area contributed by atoms with Gasteiger partial charge < -0.3 is 5.32 Å². The largest absolute Gasteiger partial charge is 0.345 e. The first-order chi connectivity index (χ1) is 8.99. The Hall–Kier alpha value is -2.18. The first-order valence-electron chi connectivity index (χ1n) is 6.13. The highest BCUT2D eigenvalue weighted by Crippen LogP contribution is 2.18. The van der Waals surface area contributed by atoms with Crippen LogP contribution in [0.25, 0.3) is 0 Å². The van der Waals surface area contributed by atoms with Gasteiger partial charge in [0.1, 0.15) is 0 Å². The number of nitrogens with one attached hydrogen (secondary N) is 2. The Morgan fingerprint density at radius 2 is 2.05 bits per heavy atom. The number of aromatic nitrogens is 2. The average molecular weight is 263 g/mol. The van der Waals surface area contributed by atoms with Gasteiger partial charge in [0.15, 0.2) is 0 Å². The molecule has 2 rings (SSSR count). The number of carbonyl (C=O) groups excluding carboxylic acids is 2. The second-order valence-electron chi connectivity index (χ2n) is 4.65.